The third-order valence-corrected chi connectivity index (χ3v) is 5.88. The highest BCUT2D eigenvalue weighted by Crippen LogP contribution is 2.26. The Labute approximate surface area is 160 Å². The van der Waals surface area contributed by atoms with Gasteiger partial charge in [-0.2, -0.15) is 0 Å². The molecule has 0 saturated heterocycles. The smallest absolute Gasteiger partial charge is 0.261 e. The molecule has 0 aromatic heterocycles. The summed E-state index contributed by atoms with van der Waals surface area (Å²) in [4.78, 5) is 0.193. The molecule has 2 N–H and O–H groups in total. The summed E-state index contributed by atoms with van der Waals surface area (Å²) in [5, 5.41) is 9.66. The minimum absolute atomic E-state index is 0.193. The van der Waals surface area contributed by atoms with Gasteiger partial charge in [-0.15, -0.1) is 0 Å². The Morgan fingerprint density at radius 1 is 0.926 bits per heavy atom. The third-order valence-electron chi connectivity index (χ3n) is 4.48. The summed E-state index contributed by atoms with van der Waals surface area (Å²) in [7, 11) is -3.70. The highest BCUT2D eigenvalue weighted by Gasteiger charge is 2.15. The monoisotopic (exact) mass is 381 g/mol. The van der Waals surface area contributed by atoms with Crippen LogP contribution in [0.2, 0.25) is 0 Å². The minimum atomic E-state index is -3.70. The summed E-state index contributed by atoms with van der Waals surface area (Å²) in [5.74, 6) is 0. The quantitative estimate of drug-likeness (QED) is 0.665. The average Bonchev–Trinajstić information content (AvgIpc) is 2.62. The zero-order valence-corrected chi connectivity index (χ0v) is 16.4. The molecule has 0 heterocycles. The van der Waals surface area contributed by atoms with E-state index in [-0.39, 0.29) is 4.90 Å². The Morgan fingerprint density at radius 3 is 2.26 bits per heavy atom. The number of rotatable bonds is 5. The summed E-state index contributed by atoms with van der Waals surface area (Å²) in [6, 6.07) is 19.8. The van der Waals surface area contributed by atoms with Crippen molar-refractivity contribution in [2.75, 3.05) is 4.72 Å². The van der Waals surface area contributed by atoms with Crippen LogP contribution in [-0.4, -0.2) is 13.5 Å². The summed E-state index contributed by atoms with van der Waals surface area (Å²) in [6.07, 6.45) is -0.661. The molecule has 3 rings (SSSR count). The summed E-state index contributed by atoms with van der Waals surface area (Å²) in [5.41, 5.74) is 5.48. The normalized spacial score (nSPS) is 12.6. The van der Waals surface area contributed by atoms with E-state index >= 15 is 0 Å². The van der Waals surface area contributed by atoms with Crippen LogP contribution in [0.3, 0.4) is 0 Å². The highest BCUT2D eigenvalue weighted by atomic mass is 32.2. The van der Waals surface area contributed by atoms with Gasteiger partial charge in [0.2, 0.25) is 0 Å². The van der Waals surface area contributed by atoms with Crippen LogP contribution in [0.5, 0.6) is 0 Å². The molecule has 0 saturated carbocycles. The zero-order valence-electron chi connectivity index (χ0n) is 15.6. The second kappa shape index (κ2) is 7.55. The first kappa shape index (κ1) is 19.1. The maximum Gasteiger partial charge on any atom is 0.261 e. The topological polar surface area (TPSA) is 66.4 Å². The standard InChI is InChI=1S/C22H23NO3S/c1-15-7-12-22(16(2)13-15)18-8-10-21(11-9-18)27(25,26)23-20-6-4-5-19(14-20)17(3)24/h4-14,17,23-24H,1-3H3. The molecular formula is C22H23NO3S. The van der Waals surface area contributed by atoms with Crippen molar-refractivity contribution in [3.63, 3.8) is 0 Å². The molecule has 0 aliphatic heterocycles. The lowest BCUT2D eigenvalue weighted by molar-refractivity contribution is 0.199. The Bertz CT molecular complexity index is 1060. The first-order valence-corrected chi connectivity index (χ1v) is 10.2. The lowest BCUT2D eigenvalue weighted by Crippen LogP contribution is -2.13. The van der Waals surface area contributed by atoms with Gasteiger partial charge in [0.25, 0.3) is 10.0 Å². The average molecular weight is 381 g/mol. The second-order valence-electron chi connectivity index (χ2n) is 6.75. The number of aryl methyl sites for hydroxylation is 2. The molecule has 140 valence electrons. The van der Waals surface area contributed by atoms with Crippen LogP contribution in [0, 0.1) is 13.8 Å². The minimum Gasteiger partial charge on any atom is -0.389 e. The van der Waals surface area contributed by atoms with Crippen LogP contribution in [0.4, 0.5) is 5.69 Å². The predicted molar refractivity (Wildman–Crippen MR) is 109 cm³/mol. The van der Waals surface area contributed by atoms with Crippen molar-refractivity contribution in [3.05, 3.63) is 83.4 Å². The lowest BCUT2D eigenvalue weighted by atomic mass is 9.99. The summed E-state index contributed by atoms with van der Waals surface area (Å²) in [6.45, 7) is 5.73. The summed E-state index contributed by atoms with van der Waals surface area (Å²) < 4.78 is 27.9. The number of aliphatic hydroxyl groups is 1. The van der Waals surface area contributed by atoms with Gasteiger partial charge >= 0.3 is 0 Å². The van der Waals surface area contributed by atoms with Gasteiger partial charge in [-0.1, -0.05) is 48.0 Å². The Morgan fingerprint density at radius 2 is 1.63 bits per heavy atom. The number of hydrogen-bond donors (Lipinski definition) is 2. The van der Waals surface area contributed by atoms with E-state index in [1.807, 2.05) is 38.1 Å². The van der Waals surface area contributed by atoms with Crippen LogP contribution in [-0.2, 0) is 10.0 Å². The molecule has 1 unspecified atom stereocenters. The fourth-order valence-electron chi connectivity index (χ4n) is 3.03. The molecule has 0 fully saturated rings. The SMILES string of the molecule is Cc1ccc(-c2ccc(S(=O)(=O)Nc3cccc(C(C)O)c3)cc2)c(C)c1. The molecule has 0 aliphatic carbocycles. The van der Waals surface area contributed by atoms with Crippen molar-refractivity contribution in [2.45, 2.75) is 31.8 Å². The van der Waals surface area contributed by atoms with Gasteiger partial charge in [0.15, 0.2) is 0 Å². The van der Waals surface area contributed by atoms with Crippen molar-refractivity contribution < 1.29 is 13.5 Å². The van der Waals surface area contributed by atoms with E-state index in [2.05, 4.69) is 10.8 Å². The lowest BCUT2D eigenvalue weighted by Gasteiger charge is -2.12. The Hall–Kier alpha value is -2.63. The number of nitrogens with one attached hydrogen (secondary N) is 1. The van der Waals surface area contributed by atoms with Crippen molar-refractivity contribution >= 4 is 15.7 Å². The number of benzene rings is 3. The van der Waals surface area contributed by atoms with Crippen LogP contribution < -0.4 is 4.72 Å². The van der Waals surface area contributed by atoms with E-state index in [9.17, 15) is 13.5 Å². The van der Waals surface area contributed by atoms with E-state index in [4.69, 9.17) is 0 Å². The molecule has 0 aliphatic rings. The molecular weight excluding hydrogens is 358 g/mol. The zero-order chi connectivity index (χ0) is 19.6. The van der Waals surface area contributed by atoms with Crippen molar-refractivity contribution in [3.8, 4) is 11.1 Å². The van der Waals surface area contributed by atoms with E-state index in [0.29, 0.717) is 11.3 Å². The number of anilines is 1. The van der Waals surface area contributed by atoms with E-state index in [0.717, 1.165) is 16.7 Å². The van der Waals surface area contributed by atoms with Gasteiger partial charge in [0, 0.05) is 5.69 Å². The van der Waals surface area contributed by atoms with Gasteiger partial charge in [-0.25, -0.2) is 8.42 Å². The van der Waals surface area contributed by atoms with Crippen LogP contribution in [0.15, 0.2) is 71.6 Å². The molecule has 0 bridgehead atoms. The number of aliphatic hydroxyl groups excluding tert-OH is 1. The second-order valence-corrected chi connectivity index (χ2v) is 8.43. The number of sulfonamides is 1. The Kier molecular flexibility index (Phi) is 5.35. The van der Waals surface area contributed by atoms with Crippen LogP contribution in [0.1, 0.15) is 29.7 Å². The van der Waals surface area contributed by atoms with Crippen LogP contribution in [0.25, 0.3) is 11.1 Å². The largest absolute Gasteiger partial charge is 0.389 e. The van der Waals surface area contributed by atoms with Crippen LogP contribution >= 0.6 is 0 Å². The first-order valence-electron chi connectivity index (χ1n) is 8.75. The summed E-state index contributed by atoms with van der Waals surface area (Å²) >= 11 is 0. The van der Waals surface area contributed by atoms with Crippen molar-refractivity contribution in [2.24, 2.45) is 0 Å². The van der Waals surface area contributed by atoms with E-state index in [1.54, 1.807) is 43.3 Å². The molecule has 0 amide bonds. The molecule has 1 atom stereocenters. The molecule has 3 aromatic rings. The molecule has 0 spiro atoms. The van der Waals surface area contributed by atoms with Gasteiger partial charge in [-0.05, 0) is 67.3 Å². The predicted octanol–water partition coefficient (Wildman–Crippen LogP) is 4.82. The fraction of sp³-hybridized carbons (Fsp3) is 0.182. The maximum absolute atomic E-state index is 12.7. The molecule has 0 radical (unpaired) electrons. The first-order chi connectivity index (χ1) is 12.8. The maximum atomic E-state index is 12.7. The van der Waals surface area contributed by atoms with Gasteiger partial charge < -0.3 is 5.11 Å². The van der Waals surface area contributed by atoms with E-state index in [1.165, 1.54) is 5.56 Å². The molecule has 5 heteroatoms. The molecule has 4 nitrogen and oxygen atoms in total. The van der Waals surface area contributed by atoms with Gasteiger partial charge in [0.05, 0.1) is 11.0 Å². The highest BCUT2D eigenvalue weighted by molar-refractivity contribution is 7.92. The van der Waals surface area contributed by atoms with Gasteiger partial charge in [0.1, 0.15) is 0 Å². The van der Waals surface area contributed by atoms with Gasteiger partial charge in [-0.3, -0.25) is 4.72 Å². The van der Waals surface area contributed by atoms with Crippen molar-refractivity contribution in [1.29, 1.82) is 0 Å². The number of hydrogen-bond acceptors (Lipinski definition) is 3. The molecule has 3 aromatic carbocycles. The van der Waals surface area contributed by atoms with Crippen molar-refractivity contribution in [1.82, 2.24) is 0 Å². The Balaban J connectivity index is 1.86. The third kappa shape index (κ3) is 4.38. The fourth-order valence-corrected chi connectivity index (χ4v) is 4.08. The van der Waals surface area contributed by atoms with E-state index < -0.39 is 16.1 Å². The molecule has 27 heavy (non-hydrogen) atoms.